The van der Waals surface area contributed by atoms with E-state index in [-0.39, 0.29) is 12.6 Å². The summed E-state index contributed by atoms with van der Waals surface area (Å²) in [5, 5.41) is 15.7. The molecular formula is C12H24N2O3. The van der Waals surface area contributed by atoms with Crippen LogP contribution in [-0.4, -0.2) is 42.0 Å². The first-order valence-electron chi connectivity index (χ1n) is 6.27. The molecule has 0 saturated carbocycles. The van der Waals surface area contributed by atoms with Crippen molar-refractivity contribution in [3.63, 3.8) is 0 Å². The van der Waals surface area contributed by atoms with Gasteiger partial charge in [0.2, 0.25) is 0 Å². The largest absolute Gasteiger partial charge is 0.444 e. The lowest BCUT2D eigenvalue weighted by molar-refractivity contribution is 0.0463. The van der Waals surface area contributed by atoms with Crippen molar-refractivity contribution in [1.82, 2.24) is 10.6 Å². The van der Waals surface area contributed by atoms with Crippen LogP contribution in [0.2, 0.25) is 0 Å². The highest BCUT2D eigenvalue weighted by Gasteiger charge is 2.22. The van der Waals surface area contributed by atoms with Crippen LogP contribution in [0, 0.1) is 0 Å². The molecule has 0 aliphatic carbocycles. The number of nitrogens with one attached hydrogen (secondary N) is 2. The van der Waals surface area contributed by atoms with E-state index in [4.69, 9.17) is 4.74 Å². The number of rotatable bonds is 3. The SMILES string of the molecule is CC(C)(C)OC(=O)NCC(O)C1CCCCN1. The summed E-state index contributed by atoms with van der Waals surface area (Å²) < 4.78 is 5.09. The lowest BCUT2D eigenvalue weighted by Gasteiger charge is -2.28. The third-order valence-corrected chi connectivity index (χ3v) is 2.67. The molecule has 1 rings (SSSR count). The Labute approximate surface area is 103 Å². The minimum Gasteiger partial charge on any atom is -0.444 e. The zero-order valence-electron chi connectivity index (χ0n) is 11.0. The van der Waals surface area contributed by atoms with Crippen molar-refractivity contribution in [2.24, 2.45) is 0 Å². The van der Waals surface area contributed by atoms with Gasteiger partial charge >= 0.3 is 6.09 Å². The van der Waals surface area contributed by atoms with Gasteiger partial charge in [-0.25, -0.2) is 4.79 Å². The number of carbonyl (C=O) groups excluding carboxylic acids is 1. The second-order valence-corrected chi connectivity index (χ2v) is 5.51. The molecule has 2 unspecified atom stereocenters. The predicted octanol–water partition coefficient (Wildman–Crippen LogP) is 1.01. The van der Waals surface area contributed by atoms with Gasteiger partial charge in [-0.2, -0.15) is 0 Å². The van der Waals surface area contributed by atoms with Crippen molar-refractivity contribution in [2.75, 3.05) is 13.1 Å². The summed E-state index contributed by atoms with van der Waals surface area (Å²) >= 11 is 0. The van der Waals surface area contributed by atoms with E-state index in [1.165, 1.54) is 0 Å². The van der Waals surface area contributed by atoms with Crippen LogP contribution in [0.4, 0.5) is 4.79 Å². The molecule has 1 amide bonds. The van der Waals surface area contributed by atoms with E-state index in [0.717, 1.165) is 25.8 Å². The van der Waals surface area contributed by atoms with Crippen molar-refractivity contribution in [3.8, 4) is 0 Å². The second kappa shape index (κ2) is 6.21. The Hall–Kier alpha value is -0.810. The average molecular weight is 244 g/mol. The number of aliphatic hydroxyl groups excluding tert-OH is 1. The third kappa shape index (κ3) is 5.89. The number of hydrogen-bond donors (Lipinski definition) is 3. The molecule has 1 fully saturated rings. The van der Waals surface area contributed by atoms with Gasteiger partial charge in [0.1, 0.15) is 5.60 Å². The van der Waals surface area contributed by atoms with Crippen molar-refractivity contribution in [2.45, 2.75) is 57.8 Å². The van der Waals surface area contributed by atoms with Crippen molar-refractivity contribution < 1.29 is 14.6 Å². The first-order valence-corrected chi connectivity index (χ1v) is 6.27. The van der Waals surface area contributed by atoms with E-state index in [1.54, 1.807) is 0 Å². The quantitative estimate of drug-likeness (QED) is 0.693. The molecule has 2 atom stereocenters. The number of carbonyl (C=O) groups is 1. The molecule has 1 aliphatic rings. The van der Waals surface area contributed by atoms with Crippen molar-refractivity contribution >= 4 is 6.09 Å². The predicted molar refractivity (Wildman–Crippen MR) is 65.9 cm³/mol. The second-order valence-electron chi connectivity index (χ2n) is 5.51. The maximum atomic E-state index is 11.4. The normalized spacial score (nSPS) is 22.9. The molecule has 5 heteroatoms. The van der Waals surface area contributed by atoms with Gasteiger partial charge in [0, 0.05) is 12.6 Å². The van der Waals surface area contributed by atoms with Gasteiger partial charge in [-0.3, -0.25) is 0 Å². The number of piperidine rings is 1. The summed E-state index contributed by atoms with van der Waals surface area (Å²) in [7, 11) is 0. The van der Waals surface area contributed by atoms with Crippen LogP contribution < -0.4 is 10.6 Å². The Balaban J connectivity index is 2.22. The monoisotopic (exact) mass is 244 g/mol. The van der Waals surface area contributed by atoms with E-state index in [1.807, 2.05) is 20.8 Å². The summed E-state index contributed by atoms with van der Waals surface area (Å²) in [6, 6.07) is 0.0821. The smallest absolute Gasteiger partial charge is 0.407 e. The van der Waals surface area contributed by atoms with Gasteiger partial charge < -0.3 is 20.5 Å². The van der Waals surface area contributed by atoms with Crippen LogP contribution in [0.1, 0.15) is 40.0 Å². The molecule has 100 valence electrons. The Morgan fingerprint density at radius 2 is 2.24 bits per heavy atom. The molecule has 3 N–H and O–H groups in total. The molecule has 0 aromatic rings. The van der Waals surface area contributed by atoms with Gasteiger partial charge in [0.05, 0.1) is 6.10 Å². The van der Waals surface area contributed by atoms with Gasteiger partial charge in [0.25, 0.3) is 0 Å². The summed E-state index contributed by atoms with van der Waals surface area (Å²) in [6.07, 6.45) is 2.20. The van der Waals surface area contributed by atoms with Crippen LogP contribution in [0.3, 0.4) is 0 Å². The molecule has 0 radical (unpaired) electrons. The van der Waals surface area contributed by atoms with Crippen molar-refractivity contribution in [1.29, 1.82) is 0 Å². The molecule has 0 aromatic heterocycles. The molecule has 0 spiro atoms. The van der Waals surface area contributed by atoms with Crippen LogP contribution >= 0.6 is 0 Å². The Morgan fingerprint density at radius 3 is 2.76 bits per heavy atom. The van der Waals surface area contributed by atoms with Gasteiger partial charge in [0.15, 0.2) is 0 Å². The first-order chi connectivity index (χ1) is 7.88. The van der Waals surface area contributed by atoms with E-state index < -0.39 is 17.8 Å². The molecule has 0 bridgehead atoms. The lowest BCUT2D eigenvalue weighted by Crippen LogP contribution is -2.48. The highest BCUT2D eigenvalue weighted by molar-refractivity contribution is 5.67. The zero-order chi connectivity index (χ0) is 12.9. The fourth-order valence-electron chi connectivity index (χ4n) is 1.85. The van der Waals surface area contributed by atoms with Crippen LogP contribution in [0.15, 0.2) is 0 Å². The Morgan fingerprint density at radius 1 is 1.53 bits per heavy atom. The van der Waals surface area contributed by atoms with Crippen molar-refractivity contribution in [3.05, 3.63) is 0 Å². The number of hydrogen-bond acceptors (Lipinski definition) is 4. The number of amides is 1. The molecule has 1 saturated heterocycles. The van der Waals surface area contributed by atoms with E-state index in [0.29, 0.717) is 0 Å². The zero-order valence-corrected chi connectivity index (χ0v) is 11.0. The van der Waals surface area contributed by atoms with Crippen LogP contribution in [0.5, 0.6) is 0 Å². The fraction of sp³-hybridized carbons (Fsp3) is 0.917. The topological polar surface area (TPSA) is 70.6 Å². The maximum absolute atomic E-state index is 11.4. The maximum Gasteiger partial charge on any atom is 0.407 e. The molecule has 5 nitrogen and oxygen atoms in total. The fourth-order valence-corrected chi connectivity index (χ4v) is 1.85. The summed E-state index contributed by atoms with van der Waals surface area (Å²) in [4.78, 5) is 11.4. The molecule has 0 aromatic carbocycles. The standard InChI is InChI=1S/C12H24N2O3/c1-12(2,3)17-11(16)14-8-10(15)9-6-4-5-7-13-9/h9-10,13,15H,4-8H2,1-3H3,(H,14,16). The molecule has 1 aliphatic heterocycles. The highest BCUT2D eigenvalue weighted by atomic mass is 16.6. The van der Waals surface area contributed by atoms with Gasteiger partial charge in [-0.05, 0) is 40.2 Å². The van der Waals surface area contributed by atoms with Crippen LogP contribution in [-0.2, 0) is 4.74 Å². The molecule has 17 heavy (non-hydrogen) atoms. The van der Waals surface area contributed by atoms with E-state index >= 15 is 0 Å². The van der Waals surface area contributed by atoms with Gasteiger partial charge in [-0.1, -0.05) is 6.42 Å². The number of aliphatic hydroxyl groups is 1. The third-order valence-electron chi connectivity index (χ3n) is 2.67. The summed E-state index contributed by atoms with van der Waals surface area (Å²) in [6.45, 7) is 6.60. The Bertz CT molecular complexity index is 245. The average Bonchev–Trinajstić information content (AvgIpc) is 2.25. The molecule has 1 heterocycles. The highest BCUT2D eigenvalue weighted by Crippen LogP contribution is 2.10. The first kappa shape index (κ1) is 14.3. The minimum absolute atomic E-state index is 0.0821. The minimum atomic E-state index is -0.553. The van der Waals surface area contributed by atoms with E-state index in [9.17, 15) is 9.90 Å². The van der Waals surface area contributed by atoms with Gasteiger partial charge in [-0.15, -0.1) is 0 Å². The lowest BCUT2D eigenvalue weighted by atomic mass is 10.00. The Kier molecular flexibility index (Phi) is 5.21. The van der Waals surface area contributed by atoms with Crippen LogP contribution in [0.25, 0.3) is 0 Å². The summed E-state index contributed by atoms with van der Waals surface area (Å²) in [5.74, 6) is 0. The summed E-state index contributed by atoms with van der Waals surface area (Å²) in [5.41, 5.74) is -0.502. The molecular weight excluding hydrogens is 220 g/mol. The number of ether oxygens (including phenoxy) is 1. The number of alkyl carbamates (subject to hydrolysis) is 1. The van der Waals surface area contributed by atoms with E-state index in [2.05, 4.69) is 10.6 Å².